The van der Waals surface area contributed by atoms with Crippen molar-refractivity contribution in [3.63, 3.8) is 0 Å². The summed E-state index contributed by atoms with van der Waals surface area (Å²) in [5.41, 5.74) is 6.91. The molecule has 2 heterocycles. The number of hydrogen-bond donors (Lipinski definition) is 2. The predicted octanol–water partition coefficient (Wildman–Crippen LogP) is 4.08. The summed E-state index contributed by atoms with van der Waals surface area (Å²) in [6.07, 6.45) is 7.02. The third kappa shape index (κ3) is 3.50. The maximum absolute atomic E-state index is 12.9. The van der Waals surface area contributed by atoms with Crippen molar-refractivity contribution in [2.45, 2.75) is 32.1 Å². The third-order valence-corrected chi connectivity index (χ3v) is 6.38. The highest BCUT2D eigenvalue weighted by Crippen LogP contribution is 2.49. The summed E-state index contributed by atoms with van der Waals surface area (Å²) in [6.45, 7) is 0. The van der Waals surface area contributed by atoms with Crippen molar-refractivity contribution in [2.75, 3.05) is 0 Å². The number of hydrazine groups is 1. The molecule has 2 amide bonds. The topological polar surface area (TPSA) is 84.2 Å². The predicted molar refractivity (Wildman–Crippen MR) is 109 cm³/mol. The molecule has 2 aromatic heterocycles. The smallest absolute Gasteiger partial charge is 0.270 e. The molecule has 3 unspecified atom stereocenters. The second-order valence-electron chi connectivity index (χ2n) is 8.19. The standard InChI is InChI=1S/C23H23N3O3/c27-22(12-16-11-14-7-8-15(16)10-14)25-26-23(28)18-13-20(21-6-3-9-29-21)24-19-5-2-1-4-17(18)19/h1-6,9,13-16H,7-8,10-12H2,(H,25,27)(H,26,28). The number of fused-ring (bicyclic) bond motifs is 3. The number of hydrogen-bond acceptors (Lipinski definition) is 4. The summed E-state index contributed by atoms with van der Waals surface area (Å²) in [4.78, 5) is 29.8. The van der Waals surface area contributed by atoms with Crippen LogP contribution in [0.1, 0.15) is 42.5 Å². The molecule has 2 fully saturated rings. The minimum absolute atomic E-state index is 0.125. The Labute approximate surface area is 168 Å². The molecule has 0 spiro atoms. The molecule has 5 rings (SSSR count). The Balaban J connectivity index is 1.32. The number of amides is 2. The maximum atomic E-state index is 12.9. The van der Waals surface area contributed by atoms with Gasteiger partial charge in [0.05, 0.1) is 17.3 Å². The molecule has 6 heteroatoms. The Kier molecular flexibility index (Phi) is 4.54. The van der Waals surface area contributed by atoms with E-state index in [1.807, 2.05) is 24.3 Å². The lowest BCUT2D eigenvalue weighted by Crippen LogP contribution is -2.42. The maximum Gasteiger partial charge on any atom is 0.270 e. The fraction of sp³-hybridized carbons (Fsp3) is 0.348. The molecule has 2 saturated carbocycles. The van der Waals surface area contributed by atoms with Crippen molar-refractivity contribution in [2.24, 2.45) is 17.8 Å². The largest absolute Gasteiger partial charge is 0.463 e. The molecule has 2 aliphatic rings. The summed E-state index contributed by atoms with van der Waals surface area (Å²) < 4.78 is 5.44. The first-order chi connectivity index (χ1) is 14.2. The van der Waals surface area contributed by atoms with Crippen molar-refractivity contribution in [3.05, 3.63) is 54.3 Å². The van der Waals surface area contributed by atoms with Crippen LogP contribution in [-0.4, -0.2) is 16.8 Å². The third-order valence-electron chi connectivity index (χ3n) is 6.38. The average molecular weight is 389 g/mol. The van der Waals surface area contributed by atoms with Crippen molar-refractivity contribution < 1.29 is 14.0 Å². The summed E-state index contributed by atoms with van der Waals surface area (Å²) >= 11 is 0. The highest BCUT2D eigenvalue weighted by atomic mass is 16.3. The first kappa shape index (κ1) is 17.9. The van der Waals surface area contributed by atoms with Gasteiger partial charge in [0.2, 0.25) is 5.91 Å². The van der Waals surface area contributed by atoms with Crippen LogP contribution in [0.5, 0.6) is 0 Å². The monoisotopic (exact) mass is 389 g/mol. The zero-order valence-corrected chi connectivity index (χ0v) is 16.1. The van der Waals surface area contributed by atoms with Gasteiger partial charge in [-0.05, 0) is 61.3 Å². The number of furan rings is 1. The van der Waals surface area contributed by atoms with Gasteiger partial charge in [0.25, 0.3) is 5.91 Å². The number of benzene rings is 1. The molecule has 2 aliphatic carbocycles. The molecule has 2 N–H and O–H groups in total. The molecule has 0 aliphatic heterocycles. The molecule has 3 aromatic rings. The zero-order valence-electron chi connectivity index (χ0n) is 16.1. The van der Waals surface area contributed by atoms with Crippen LogP contribution in [-0.2, 0) is 4.79 Å². The second kappa shape index (κ2) is 7.35. The molecule has 29 heavy (non-hydrogen) atoms. The van der Waals surface area contributed by atoms with Gasteiger partial charge < -0.3 is 4.42 Å². The Bertz CT molecular complexity index is 1060. The Hall–Kier alpha value is -3.15. The minimum atomic E-state index is -0.363. The molecule has 0 radical (unpaired) electrons. The molecular weight excluding hydrogens is 366 g/mol. The van der Waals surface area contributed by atoms with Gasteiger partial charge >= 0.3 is 0 Å². The van der Waals surface area contributed by atoms with E-state index in [0.717, 1.165) is 17.7 Å². The summed E-state index contributed by atoms with van der Waals surface area (Å²) in [5, 5.41) is 0.725. The van der Waals surface area contributed by atoms with Crippen molar-refractivity contribution in [1.29, 1.82) is 0 Å². The van der Waals surface area contributed by atoms with E-state index < -0.39 is 0 Å². The molecule has 148 valence electrons. The van der Waals surface area contributed by atoms with Crippen LogP contribution >= 0.6 is 0 Å². The number of aromatic nitrogens is 1. The van der Waals surface area contributed by atoms with Gasteiger partial charge in [-0.15, -0.1) is 0 Å². The molecule has 0 saturated heterocycles. The number of nitrogens with zero attached hydrogens (tertiary/aromatic N) is 1. The zero-order chi connectivity index (χ0) is 19.8. The van der Waals surface area contributed by atoms with E-state index in [0.29, 0.717) is 40.8 Å². The fourth-order valence-corrected chi connectivity index (χ4v) is 5.02. The average Bonchev–Trinajstić information content (AvgIpc) is 3.49. The summed E-state index contributed by atoms with van der Waals surface area (Å²) in [7, 11) is 0. The van der Waals surface area contributed by atoms with Crippen molar-refractivity contribution in [3.8, 4) is 11.5 Å². The molecular formula is C23H23N3O3. The fourth-order valence-electron chi connectivity index (χ4n) is 5.02. The number of nitrogens with one attached hydrogen (secondary N) is 2. The summed E-state index contributed by atoms with van der Waals surface area (Å²) in [6, 6.07) is 12.7. The van der Waals surface area contributed by atoms with Crippen molar-refractivity contribution >= 4 is 22.7 Å². The van der Waals surface area contributed by atoms with Crippen LogP contribution in [0, 0.1) is 17.8 Å². The molecule has 3 atom stereocenters. The molecule has 6 nitrogen and oxygen atoms in total. The van der Waals surface area contributed by atoms with Crippen LogP contribution < -0.4 is 10.9 Å². The number of carbonyl (C=O) groups excluding carboxylic acids is 2. The first-order valence-electron chi connectivity index (χ1n) is 10.2. The van der Waals surface area contributed by atoms with Gasteiger partial charge in [-0.2, -0.15) is 0 Å². The van der Waals surface area contributed by atoms with Crippen LogP contribution in [0.15, 0.2) is 53.1 Å². The van der Waals surface area contributed by atoms with E-state index in [1.165, 1.54) is 19.3 Å². The van der Waals surface area contributed by atoms with Gasteiger partial charge in [0.1, 0.15) is 5.69 Å². The van der Waals surface area contributed by atoms with E-state index in [-0.39, 0.29) is 11.8 Å². The van der Waals surface area contributed by atoms with Crippen LogP contribution in [0.25, 0.3) is 22.4 Å². The number of para-hydroxylation sites is 1. The van der Waals surface area contributed by atoms with Gasteiger partial charge in [-0.3, -0.25) is 20.4 Å². The Morgan fingerprint density at radius 1 is 1.07 bits per heavy atom. The molecule has 1 aromatic carbocycles. The Morgan fingerprint density at radius 3 is 2.72 bits per heavy atom. The van der Waals surface area contributed by atoms with Crippen molar-refractivity contribution in [1.82, 2.24) is 15.8 Å². The van der Waals surface area contributed by atoms with Crippen LogP contribution in [0.3, 0.4) is 0 Å². The SMILES string of the molecule is O=C(CC1CC2CCC1C2)NNC(=O)c1cc(-c2ccco2)nc2ccccc12. The Morgan fingerprint density at radius 2 is 1.97 bits per heavy atom. The van der Waals surface area contributed by atoms with Gasteiger partial charge in [0.15, 0.2) is 5.76 Å². The van der Waals surface area contributed by atoms with E-state index in [4.69, 9.17) is 4.42 Å². The number of carbonyl (C=O) groups is 2. The van der Waals surface area contributed by atoms with E-state index in [1.54, 1.807) is 24.5 Å². The lowest BCUT2D eigenvalue weighted by molar-refractivity contribution is -0.123. The second-order valence-corrected chi connectivity index (χ2v) is 8.19. The van der Waals surface area contributed by atoms with Gasteiger partial charge in [-0.25, -0.2) is 4.98 Å². The number of pyridine rings is 1. The van der Waals surface area contributed by atoms with Crippen LogP contribution in [0.2, 0.25) is 0 Å². The highest BCUT2D eigenvalue weighted by molar-refractivity contribution is 6.07. The van der Waals surface area contributed by atoms with Gasteiger partial charge in [0, 0.05) is 11.8 Å². The quantitative estimate of drug-likeness (QED) is 0.659. The summed E-state index contributed by atoms with van der Waals surface area (Å²) in [5.74, 6) is 2.04. The molecule has 2 bridgehead atoms. The normalized spacial score (nSPS) is 22.7. The highest BCUT2D eigenvalue weighted by Gasteiger charge is 2.40. The minimum Gasteiger partial charge on any atom is -0.463 e. The van der Waals surface area contributed by atoms with Gasteiger partial charge in [-0.1, -0.05) is 24.6 Å². The first-order valence-corrected chi connectivity index (χ1v) is 10.2. The lowest BCUT2D eigenvalue weighted by atomic mass is 9.86. The van der Waals surface area contributed by atoms with Crippen LogP contribution in [0.4, 0.5) is 0 Å². The number of rotatable bonds is 4. The van der Waals surface area contributed by atoms with E-state index in [9.17, 15) is 9.59 Å². The van der Waals surface area contributed by atoms with E-state index in [2.05, 4.69) is 15.8 Å². The van der Waals surface area contributed by atoms with E-state index >= 15 is 0 Å². The lowest BCUT2D eigenvalue weighted by Gasteiger charge is -2.21.